The number of carbonyl (C=O) groups is 1. The van der Waals surface area contributed by atoms with E-state index in [9.17, 15) is 14.9 Å². The van der Waals surface area contributed by atoms with Crippen molar-refractivity contribution in [3.63, 3.8) is 0 Å². The van der Waals surface area contributed by atoms with Gasteiger partial charge in [0.25, 0.3) is 0 Å². The standard InChI is InChI=1S/C10H12N2O4S/c1-2-16-9(13)6-17-8-5-3-4-7(11)10(8)12(14)15/h3-5H,2,6,11H2,1H3. The number of carbonyl (C=O) groups excluding carboxylic acids is 1. The molecule has 0 aliphatic carbocycles. The summed E-state index contributed by atoms with van der Waals surface area (Å²) < 4.78 is 4.73. The fourth-order valence-electron chi connectivity index (χ4n) is 1.19. The molecule has 0 saturated heterocycles. The van der Waals surface area contributed by atoms with Crippen LogP contribution in [0.3, 0.4) is 0 Å². The van der Waals surface area contributed by atoms with Crippen molar-refractivity contribution in [2.45, 2.75) is 11.8 Å². The Morgan fingerprint density at radius 1 is 1.59 bits per heavy atom. The molecule has 1 rings (SSSR count). The molecule has 0 aliphatic rings. The van der Waals surface area contributed by atoms with Crippen molar-refractivity contribution >= 4 is 29.1 Å². The minimum atomic E-state index is -0.553. The predicted octanol–water partition coefficient (Wildman–Crippen LogP) is 1.83. The molecule has 0 aliphatic heterocycles. The largest absolute Gasteiger partial charge is 0.465 e. The van der Waals surface area contributed by atoms with E-state index in [2.05, 4.69) is 0 Å². The molecular formula is C10H12N2O4S. The van der Waals surface area contributed by atoms with E-state index in [1.165, 1.54) is 6.07 Å². The lowest BCUT2D eigenvalue weighted by atomic mass is 10.3. The normalized spacial score (nSPS) is 9.94. The lowest BCUT2D eigenvalue weighted by molar-refractivity contribution is -0.386. The molecule has 0 aromatic heterocycles. The highest BCUT2D eigenvalue weighted by atomic mass is 32.2. The lowest BCUT2D eigenvalue weighted by Crippen LogP contribution is -2.07. The van der Waals surface area contributed by atoms with Crippen molar-refractivity contribution in [1.29, 1.82) is 0 Å². The van der Waals surface area contributed by atoms with Crippen LogP contribution in [0.25, 0.3) is 0 Å². The summed E-state index contributed by atoms with van der Waals surface area (Å²) in [4.78, 5) is 21.8. The van der Waals surface area contributed by atoms with Crippen molar-refractivity contribution in [3.8, 4) is 0 Å². The number of nitrogen functional groups attached to an aromatic ring is 1. The van der Waals surface area contributed by atoms with Gasteiger partial charge in [-0.25, -0.2) is 0 Å². The molecule has 7 heteroatoms. The first-order chi connectivity index (χ1) is 8.06. The van der Waals surface area contributed by atoms with Crippen LogP contribution in [0.5, 0.6) is 0 Å². The molecule has 6 nitrogen and oxygen atoms in total. The zero-order valence-electron chi connectivity index (χ0n) is 9.21. The van der Waals surface area contributed by atoms with Gasteiger partial charge in [-0.2, -0.15) is 0 Å². The Morgan fingerprint density at radius 3 is 2.88 bits per heavy atom. The second-order valence-electron chi connectivity index (χ2n) is 3.04. The van der Waals surface area contributed by atoms with Gasteiger partial charge in [-0.05, 0) is 19.1 Å². The van der Waals surface area contributed by atoms with Gasteiger partial charge in [0.15, 0.2) is 0 Å². The number of nitro benzene ring substituents is 1. The van der Waals surface area contributed by atoms with E-state index in [-0.39, 0.29) is 17.1 Å². The zero-order valence-corrected chi connectivity index (χ0v) is 10.0. The van der Waals surface area contributed by atoms with E-state index in [4.69, 9.17) is 10.5 Å². The molecule has 0 fully saturated rings. The van der Waals surface area contributed by atoms with Crippen LogP contribution in [0.15, 0.2) is 23.1 Å². The number of hydrogen-bond donors (Lipinski definition) is 1. The molecular weight excluding hydrogens is 244 g/mol. The van der Waals surface area contributed by atoms with Gasteiger partial charge in [-0.1, -0.05) is 6.07 Å². The van der Waals surface area contributed by atoms with E-state index >= 15 is 0 Å². The minimum absolute atomic E-state index is 0.0259. The van der Waals surface area contributed by atoms with Gasteiger partial charge in [0.2, 0.25) is 0 Å². The van der Waals surface area contributed by atoms with E-state index in [0.717, 1.165) is 11.8 Å². The van der Waals surface area contributed by atoms with Gasteiger partial charge in [-0.3, -0.25) is 14.9 Å². The molecule has 92 valence electrons. The van der Waals surface area contributed by atoms with Crippen molar-refractivity contribution < 1.29 is 14.5 Å². The number of benzene rings is 1. The van der Waals surface area contributed by atoms with Crippen LogP contribution in [0, 0.1) is 10.1 Å². The summed E-state index contributed by atoms with van der Waals surface area (Å²) in [5, 5.41) is 10.8. The van der Waals surface area contributed by atoms with Crippen LogP contribution < -0.4 is 5.73 Å². The number of para-hydroxylation sites is 1. The maximum atomic E-state index is 11.1. The third-order valence-corrected chi connectivity index (χ3v) is 2.88. The Hall–Kier alpha value is -1.76. The highest BCUT2D eigenvalue weighted by molar-refractivity contribution is 8.00. The van der Waals surface area contributed by atoms with E-state index in [1.54, 1.807) is 19.1 Å². The molecule has 1 aromatic rings. The van der Waals surface area contributed by atoms with Crippen LogP contribution in [0.2, 0.25) is 0 Å². The molecule has 0 radical (unpaired) electrons. The Kier molecular flexibility index (Phi) is 4.77. The molecule has 0 saturated carbocycles. The number of ether oxygens (including phenoxy) is 1. The summed E-state index contributed by atoms with van der Waals surface area (Å²) in [5.74, 6) is -0.382. The smallest absolute Gasteiger partial charge is 0.316 e. The summed E-state index contributed by atoms with van der Waals surface area (Å²) >= 11 is 1.04. The maximum absolute atomic E-state index is 11.1. The molecule has 0 atom stereocenters. The molecule has 0 heterocycles. The summed E-state index contributed by atoms with van der Waals surface area (Å²) in [6, 6.07) is 4.61. The first-order valence-corrected chi connectivity index (χ1v) is 5.86. The molecule has 0 spiro atoms. The molecule has 0 unspecified atom stereocenters. The van der Waals surface area contributed by atoms with Gasteiger partial charge in [0.05, 0.1) is 22.2 Å². The Morgan fingerprint density at radius 2 is 2.29 bits per heavy atom. The zero-order chi connectivity index (χ0) is 12.8. The second kappa shape index (κ2) is 6.09. The molecule has 0 amide bonds. The number of nitro groups is 1. The Labute approximate surface area is 102 Å². The summed E-state index contributed by atoms with van der Waals surface area (Å²) in [5.41, 5.74) is 5.44. The number of esters is 1. The van der Waals surface area contributed by atoms with Gasteiger partial charge in [0.1, 0.15) is 5.69 Å². The number of rotatable bonds is 5. The fourth-order valence-corrected chi connectivity index (χ4v) is 2.05. The van der Waals surface area contributed by atoms with Crippen LogP contribution in [0.4, 0.5) is 11.4 Å². The third-order valence-electron chi connectivity index (χ3n) is 1.86. The highest BCUT2D eigenvalue weighted by Gasteiger charge is 2.18. The number of thioether (sulfide) groups is 1. The second-order valence-corrected chi connectivity index (χ2v) is 4.06. The van der Waals surface area contributed by atoms with E-state index < -0.39 is 10.9 Å². The minimum Gasteiger partial charge on any atom is -0.465 e. The van der Waals surface area contributed by atoms with Crippen molar-refractivity contribution in [2.24, 2.45) is 0 Å². The van der Waals surface area contributed by atoms with Crippen LogP contribution in [-0.4, -0.2) is 23.3 Å². The molecule has 1 aromatic carbocycles. The maximum Gasteiger partial charge on any atom is 0.316 e. The van der Waals surface area contributed by atoms with Gasteiger partial charge < -0.3 is 10.5 Å². The highest BCUT2D eigenvalue weighted by Crippen LogP contribution is 2.33. The third kappa shape index (κ3) is 3.63. The number of hydrogen-bond acceptors (Lipinski definition) is 6. The van der Waals surface area contributed by atoms with Gasteiger partial charge >= 0.3 is 11.7 Å². The van der Waals surface area contributed by atoms with Crippen LogP contribution in [-0.2, 0) is 9.53 Å². The van der Waals surface area contributed by atoms with Crippen molar-refractivity contribution in [3.05, 3.63) is 28.3 Å². The quantitative estimate of drug-likeness (QED) is 0.284. The van der Waals surface area contributed by atoms with Crippen molar-refractivity contribution in [2.75, 3.05) is 18.1 Å². The predicted molar refractivity (Wildman–Crippen MR) is 64.9 cm³/mol. The SMILES string of the molecule is CCOC(=O)CSc1cccc(N)c1[N+](=O)[O-]. The average Bonchev–Trinajstić information content (AvgIpc) is 2.26. The monoisotopic (exact) mass is 256 g/mol. The average molecular weight is 256 g/mol. The summed E-state index contributed by atoms with van der Waals surface area (Å²) in [6.07, 6.45) is 0. The first-order valence-electron chi connectivity index (χ1n) is 4.87. The van der Waals surface area contributed by atoms with E-state index in [0.29, 0.717) is 11.5 Å². The molecule has 17 heavy (non-hydrogen) atoms. The summed E-state index contributed by atoms with van der Waals surface area (Å²) in [7, 11) is 0. The Bertz CT molecular complexity index is 436. The molecule has 2 N–H and O–H groups in total. The molecule has 0 bridgehead atoms. The Balaban J connectivity index is 2.81. The van der Waals surface area contributed by atoms with Crippen LogP contribution >= 0.6 is 11.8 Å². The van der Waals surface area contributed by atoms with Crippen molar-refractivity contribution in [1.82, 2.24) is 0 Å². The number of nitrogens with two attached hydrogens (primary N) is 1. The fraction of sp³-hybridized carbons (Fsp3) is 0.300. The van der Waals surface area contributed by atoms with Crippen LogP contribution in [0.1, 0.15) is 6.92 Å². The van der Waals surface area contributed by atoms with Gasteiger partial charge in [0, 0.05) is 0 Å². The first kappa shape index (κ1) is 13.3. The summed E-state index contributed by atoms with van der Waals surface area (Å²) in [6.45, 7) is 1.99. The number of anilines is 1. The van der Waals surface area contributed by atoms with E-state index in [1.807, 2.05) is 0 Å². The van der Waals surface area contributed by atoms with Gasteiger partial charge in [-0.15, -0.1) is 11.8 Å². The lowest BCUT2D eigenvalue weighted by Gasteiger charge is -2.04. The topological polar surface area (TPSA) is 95.5 Å². The number of nitrogens with zero attached hydrogens (tertiary/aromatic N) is 1.